The molecule has 0 spiro atoms. The van der Waals surface area contributed by atoms with E-state index in [1.165, 1.54) is 0 Å². The summed E-state index contributed by atoms with van der Waals surface area (Å²) < 4.78 is 10.4. The summed E-state index contributed by atoms with van der Waals surface area (Å²) in [6, 6.07) is 1.70. The Bertz CT molecular complexity index is 251. The van der Waals surface area contributed by atoms with Gasteiger partial charge < -0.3 is 9.47 Å². The Labute approximate surface area is 76.1 Å². The number of hydrogen-bond acceptors (Lipinski definition) is 5. The molecule has 0 N–H and O–H groups in total. The van der Waals surface area contributed by atoms with Gasteiger partial charge >= 0.3 is 0 Å². The first-order valence-electron chi connectivity index (χ1n) is 4.34. The molecule has 2 heterocycles. The minimum absolute atomic E-state index is 0.479. The largest absolute Gasteiger partial charge is 0.477 e. The highest BCUT2D eigenvalue weighted by molar-refractivity contribution is 5.01. The first-order chi connectivity index (χ1) is 6.45. The van der Waals surface area contributed by atoms with Crippen LogP contribution in [0, 0.1) is 0 Å². The Morgan fingerprint density at radius 2 is 2.54 bits per heavy atom. The van der Waals surface area contributed by atoms with Gasteiger partial charge in [0.1, 0.15) is 0 Å². The average Bonchev–Trinajstić information content (AvgIpc) is 2.98. The molecule has 0 aromatic carbocycles. The van der Waals surface area contributed by atoms with Gasteiger partial charge in [-0.3, -0.25) is 0 Å². The van der Waals surface area contributed by atoms with E-state index in [-0.39, 0.29) is 0 Å². The minimum atomic E-state index is 0.479. The molecule has 1 aromatic rings. The molecule has 70 valence electrons. The van der Waals surface area contributed by atoms with Crippen LogP contribution in [0.4, 0.5) is 0 Å². The van der Waals surface area contributed by atoms with Gasteiger partial charge in [-0.1, -0.05) is 5.10 Å². The fraction of sp³-hybridized carbons (Fsp3) is 0.625. The third kappa shape index (κ3) is 2.95. The second-order valence-corrected chi connectivity index (χ2v) is 2.90. The van der Waals surface area contributed by atoms with Crippen LogP contribution in [0.1, 0.15) is 12.8 Å². The SMILES string of the molecule is c1cc(OCCCC2CO2)nnn1. The molecule has 1 unspecified atom stereocenters. The van der Waals surface area contributed by atoms with Crippen molar-refractivity contribution in [3.8, 4) is 5.88 Å². The first kappa shape index (κ1) is 8.37. The molecular weight excluding hydrogens is 170 g/mol. The molecule has 0 saturated carbocycles. The lowest BCUT2D eigenvalue weighted by Gasteiger charge is -2.01. The third-order valence-electron chi connectivity index (χ3n) is 1.80. The molecule has 13 heavy (non-hydrogen) atoms. The normalized spacial score (nSPS) is 19.8. The maximum Gasteiger partial charge on any atom is 0.236 e. The Balaban J connectivity index is 1.61. The molecule has 1 saturated heterocycles. The molecule has 0 aliphatic carbocycles. The summed E-state index contributed by atoms with van der Waals surface area (Å²) in [7, 11) is 0. The summed E-state index contributed by atoms with van der Waals surface area (Å²) in [6.45, 7) is 1.58. The number of hydrogen-bond donors (Lipinski definition) is 0. The molecule has 2 rings (SSSR count). The summed E-state index contributed by atoms with van der Waals surface area (Å²) in [4.78, 5) is 0. The standard InChI is InChI=1S/C8H11N3O2/c1(2-7-6-13-7)5-12-8-3-4-9-11-10-8/h3-4,7H,1-2,5-6H2. The topological polar surface area (TPSA) is 60.4 Å². The van der Waals surface area contributed by atoms with Crippen LogP contribution in [0.3, 0.4) is 0 Å². The number of aromatic nitrogens is 3. The third-order valence-corrected chi connectivity index (χ3v) is 1.80. The van der Waals surface area contributed by atoms with Crippen LogP contribution < -0.4 is 4.74 Å². The lowest BCUT2D eigenvalue weighted by atomic mass is 10.3. The predicted octanol–water partition coefficient (Wildman–Crippen LogP) is 0.429. The molecule has 1 fully saturated rings. The van der Waals surface area contributed by atoms with E-state index >= 15 is 0 Å². The zero-order chi connectivity index (χ0) is 8.93. The minimum Gasteiger partial charge on any atom is -0.477 e. The van der Waals surface area contributed by atoms with Crippen LogP contribution >= 0.6 is 0 Å². The lowest BCUT2D eigenvalue weighted by Crippen LogP contribution is -2.01. The second-order valence-electron chi connectivity index (χ2n) is 2.90. The van der Waals surface area contributed by atoms with Crippen molar-refractivity contribution in [1.29, 1.82) is 0 Å². The number of rotatable bonds is 5. The molecule has 0 amide bonds. The van der Waals surface area contributed by atoms with Gasteiger partial charge in [0.15, 0.2) is 0 Å². The van der Waals surface area contributed by atoms with E-state index < -0.39 is 0 Å². The second kappa shape index (κ2) is 4.13. The average molecular weight is 181 g/mol. The van der Waals surface area contributed by atoms with E-state index in [0.717, 1.165) is 19.4 Å². The first-order valence-corrected chi connectivity index (χ1v) is 4.34. The van der Waals surface area contributed by atoms with E-state index in [1.807, 2.05) is 0 Å². The zero-order valence-corrected chi connectivity index (χ0v) is 7.22. The molecular formula is C8H11N3O2. The zero-order valence-electron chi connectivity index (χ0n) is 7.22. The van der Waals surface area contributed by atoms with Crippen molar-refractivity contribution in [3.63, 3.8) is 0 Å². The van der Waals surface area contributed by atoms with Crippen molar-refractivity contribution >= 4 is 0 Å². The summed E-state index contributed by atoms with van der Waals surface area (Å²) in [5, 5.41) is 10.7. The molecule has 1 aromatic heterocycles. The maximum absolute atomic E-state index is 5.32. The van der Waals surface area contributed by atoms with E-state index in [4.69, 9.17) is 9.47 Å². The van der Waals surface area contributed by atoms with Crippen molar-refractivity contribution in [2.24, 2.45) is 0 Å². The Morgan fingerprint density at radius 1 is 1.62 bits per heavy atom. The molecule has 0 bridgehead atoms. The van der Waals surface area contributed by atoms with Crippen LogP contribution in [-0.2, 0) is 4.74 Å². The van der Waals surface area contributed by atoms with Crippen molar-refractivity contribution in [2.75, 3.05) is 13.2 Å². The predicted molar refractivity (Wildman–Crippen MR) is 44.3 cm³/mol. The molecule has 5 nitrogen and oxygen atoms in total. The quantitative estimate of drug-likeness (QED) is 0.487. The highest BCUT2D eigenvalue weighted by atomic mass is 16.6. The van der Waals surface area contributed by atoms with E-state index in [0.29, 0.717) is 18.6 Å². The Kier molecular flexibility index (Phi) is 2.66. The van der Waals surface area contributed by atoms with Crippen LogP contribution in [-0.4, -0.2) is 34.7 Å². The molecule has 1 aliphatic heterocycles. The highest BCUT2D eigenvalue weighted by Crippen LogP contribution is 2.15. The van der Waals surface area contributed by atoms with Crippen LogP contribution in [0.25, 0.3) is 0 Å². The van der Waals surface area contributed by atoms with Crippen molar-refractivity contribution in [3.05, 3.63) is 12.3 Å². The Hall–Kier alpha value is -1.23. The van der Waals surface area contributed by atoms with Gasteiger partial charge in [-0.05, 0) is 18.1 Å². The van der Waals surface area contributed by atoms with Gasteiger partial charge in [-0.25, -0.2) is 0 Å². The summed E-state index contributed by atoms with van der Waals surface area (Å²) >= 11 is 0. The van der Waals surface area contributed by atoms with Gasteiger partial charge in [0.2, 0.25) is 5.88 Å². The van der Waals surface area contributed by atoms with Gasteiger partial charge in [0.25, 0.3) is 0 Å². The van der Waals surface area contributed by atoms with E-state index in [9.17, 15) is 0 Å². The number of ether oxygens (including phenoxy) is 2. The summed E-state index contributed by atoms with van der Waals surface area (Å²) in [6.07, 6.45) is 4.10. The fourth-order valence-electron chi connectivity index (χ4n) is 1.03. The summed E-state index contributed by atoms with van der Waals surface area (Å²) in [5.41, 5.74) is 0. The lowest BCUT2D eigenvalue weighted by molar-refractivity contribution is 0.280. The van der Waals surface area contributed by atoms with Gasteiger partial charge in [0.05, 0.1) is 25.5 Å². The summed E-state index contributed by atoms with van der Waals surface area (Å²) in [5.74, 6) is 0.534. The van der Waals surface area contributed by atoms with E-state index in [1.54, 1.807) is 12.3 Å². The van der Waals surface area contributed by atoms with E-state index in [2.05, 4.69) is 15.4 Å². The molecule has 1 aliphatic rings. The Morgan fingerprint density at radius 3 is 3.23 bits per heavy atom. The molecule has 5 heteroatoms. The smallest absolute Gasteiger partial charge is 0.236 e. The van der Waals surface area contributed by atoms with Gasteiger partial charge in [-0.15, -0.1) is 5.10 Å². The van der Waals surface area contributed by atoms with Crippen LogP contribution in [0.2, 0.25) is 0 Å². The molecule has 1 atom stereocenters. The van der Waals surface area contributed by atoms with Gasteiger partial charge in [0, 0.05) is 6.07 Å². The van der Waals surface area contributed by atoms with Crippen molar-refractivity contribution in [2.45, 2.75) is 18.9 Å². The monoisotopic (exact) mass is 181 g/mol. The van der Waals surface area contributed by atoms with Crippen LogP contribution in [0.15, 0.2) is 12.3 Å². The fourth-order valence-corrected chi connectivity index (χ4v) is 1.03. The van der Waals surface area contributed by atoms with Crippen molar-refractivity contribution in [1.82, 2.24) is 15.4 Å². The molecule has 0 radical (unpaired) electrons. The number of nitrogens with zero attached hydrogens (tertiary/aromatic N) is 3. The van der Waals surface area contributed by atoms with Gasteiger partial charge in [-0.2, -0.15) is 0 Å². The number of epoxide rings is 1. The maximum atomic E-state index is 5.32. The highest BCUT2D eigenvalue weighted by Gasteiger charge is 2.21. The van der Waals surface area contributed by atoms with Crippen LogP contribution in [0.5, 0.6) is 5.88 Å². The van der Waals surface area contributed by atoms with Crippen molar-refractivity contribution < 1.29 is 9.47 Å².